The molecule has 2 aromatic carbocycles. The number of rotatable bonds is 7. The molecule has 0 aromatic heterocycles. The van der Waals surface area contributed by atoms with Crippen molar-refractivity contribution in [2.75, 3.05) is 39.3 Å². The summed E-state index contributed by atoms with van der Waals surface area (Å²) in [5.41, 5.74) is 2.62. The molecule has 3 rings (SSSR count). The first-order valence-corrected chi connectivity index (χ1v) is 9.09. The Labute approximate surface area is 149 Å². The molecule has 0 amide bonds. The quantitative estimate of drug-likeness (QED) is 0.837. The molecule has 25 heavy (non-hydrogen) atoms. The van der Waals surface area contributed by atoms with E-state index in [9.17, 15) is 4.39 Å². The summed E-state index contributed by atoms with van der Waals surface area (Å²) in [4.78, 5) is 4.81. The second-order valence-corrected chi connectivity index (χ2v) is 6.67. The van der Waals surface area contributed by atoms with Gasteiger partial charge in [0, 0.05) is 32.7 Å². The summed E-state index contributed by atoms with van der Waals surface area (Å²) in [6, 6.07) is 21.5. The summed E-state index contributed by atoms with van der Waals surface area (Å²) in [6.45, 7) is 4.15. The molecular weight excluding hydrogens is 315 g/mol. The van der Waals surface area contributed by atoms with E-state index in [-0.39, 0.29) is 12.6 Å². The minimum Gasteiger partial charge on any atom is -0.393 e. The van der Waals surface area contributed by atoms with Gasteiger partial charge in [-0.15, -0.1) is 0 Å². The first kappa shape index (κ1) is 18.1. The first-order valence-electron chi connectivity index (χ1n) is 9.09. The lowest BCUT2D eigenvalue weighted by molar-refractivity contribution is 0.0937. The van der Waals surface area contributed by atoms with E-state index in [0.29, 0.717) is 6.42 Å². The Kier molecular flexibility index (Phi) is 6.56. The van der Waals surface area contributed by atoms with Crippen molar-refractivity contribution in [3.05, 3.63) is 71.8 Å². The van der Waals surface area contributed by atoms with Crippen LogP contribution < -0.4 is 0 Å². The molecule has 1 fully saturated rings. The Morgan fingerprint density at radius 1 is 0.840 bits per heavy atom. The number of piperazine rings is 1. The third-order valence-corrected chi connectivity index (χ3v) is 4.96. The third-order valence-electron chi connectivity index (χ3n) is 4.96. The van der Waals surface area contributed by atoms with Crippen LogP contribution in [-0.2, 0) is 0 Å². The van der Waals surface area contributed by atoms with Gasteiger partial charge in [0.25, 0.3) is 0 Å². The normalized spacial score (nSPS) is 17.7. The summed E-state index contributed by atoms with van der Waals surface area (Å²) in [5.74, 6) is 0. The second-order valence-electron chi connectivity index (χ2n) is 6.67. The van der Waals surface area contributed by atoms with E-state index in [1.165, 1.54) is 11.1 Å². The smallest absolute Gasteiger partial charge is 0.124 e. The molecule has 4 heteroatoms. The van der Waals surface area contributed by atoms with Gasteiger partial charge in [0.15, 0.2) is 0 Å². The van der Waals surface area contributed by atoms with Crippen LogP contribution in [0.25, 0.3) is 0 Å². The molecule has 0 bridgehead atoms. The second kappa shape index (κ2) is 9.09. The number of halogens is 1. The van der Waals surface area contributed by atoms with Gasteiger partial charge in [0.05, 0.1) is 12.6 Å². The molecule has 1 heterocycles. The highest BCUT2D eigenvalue weighted by Gasteiger charge is 2.26. The minimum absolute atomic E-state index is 0.260. The summed E-state index contributed by atoms with van der Waals surface area (Å²) in [6.07, 6.45) is -0.684. The summed E-state index contributed by atoms with van der Waals surface area (Å²) in [7, 11) is 0. The zero-order chi connectivity index (χ0) is 17.5. The molecule has 1 atom stereocenters. The van der Waals surface area contributed by atoms with E-state index in [2.05, 4.69) is 70.5 Å². The number of benzene rings is 2. The standard InChI is InChI=1S/C21H27FN2O/c22-20(17-25)11-12-23-13-15-24(16-14-23)21(18-7-3-1-4-8-18)19-9-5-2-6-10-19/h1-10,20-21,25H,11-17H2. The van der Waals surface area contributed by atoms with Crippen molar-refractivity contribution in [2.24, 2.45) is 0 Å². The summed E-state index contributed by atoms with van der Waals surface area (Å²) in [5, 5.41) is 8.83. The number of hydrogen-bond acceptors (Lipinski definition) is 3. The highest BCUT2D eigenvalue weighted by Crippen LogP contribution is 2.29. The van der Waals surface area contributed by atoms with E-state index in [1.807, 2.05) is 0 Å². The predicted molar refractivity (Wildman–Crippen MR) is 99.3 cm³/mol. The van der Waals surface area contributed by atoms with Crippen molar-refractivity contribution in [3.63, 3.8) is 0 Å². The largest absolute Gasteiger partial charge is 0.393 e. The lowest BCUT2D eigenvalue weighted by atomic mass is 9.96. The lowest BCUT2D eigenvalue weighted by Gasteiger charge is -2.40. The molecule has 134 valence electrons. The van der Waals surface area contributed by atoms with Crippen LogP contribution >= 0.6 is 0 Å². The van der Waals surface area contributed by atoms with Crippen LogP contribution in [0.5, 0.6) is 0 Å². The maximum atomic E-state index is 13.2. The van der Waals surface area contributed by atoms with Gasteiger partial charge >= 0.3 is 0 Å². The monoisotopic (exact) mass is 342 g/mol. The molecule has 1 N–H and O–H groups in total. The van der Waals surface area contributed by atoms with Crippen LogP contribution in [0.15, 0.2) is 60.7 Å². The summed E-state index contributed by atoms with van der Waals surface area (Å²) < 4.78 is 13.2. The van der Waals surface area contributed by atoms with E-state index in [0.717, 1.165) is 32.7 Å². The predicted octanol–water partition coefficient (Wildman–Crippen LogP) is 3.11. The van der Waals surface area contributed by atoms with Crippen LogP contribution in [0.2, 0.25) is 0 Å². The SMILES string of the molecule is OCC(F)CCN1CCN(C(c2ccccc2)c2ccccc2)CC1. The van der Waals surface area contributed by atoms with Crippen molar-refractivity contribution in [1.82, 2.24) is 9.80 Å². The highest BCUT2D eigenvalue weighted by atomic mass is 19.1. The molecule has 0 spiro atoms. The lowest BCUT2D eigenvalue weighted by Crippen LogP contribution is -2.48. The minimum atomic E-state index is -1.10. The van der Waals surface area contributed by atoms with Gasteiger partial charge in [-0.25, -0.2) is 4.39 Å². The number of hydrogen-bond donors (Lipinski definition) is 1. The fourth-order valence-electron chi connectivity index (χ4n) is 3.54. The van der Waals surface area contributed by atoms with Crippen molar-refractivity contribution in [1.29, 1.82) is 0 Å². The van der Waals surface area contributed by atoms with Crippen LogP contribution in [0.1, 0.15) is 23.6 Å². The molecule has 0 aliphatic carbocycles. The van der Waals surface area contributed by atoms with Crippen molar-refractivity contribution >= 4 is 0 Å². The van der Waals surface area contributed by atoms with E-state index < -0.39 is 6.17 Å². The number of alkyl halides is 1. The van der Waals surface area contributed by atoms with Gasteiger partial charge in [0.1, 0.15) is 6.17 Å². The van der Waals surface area contributed by atoms with Gasteiger partial charge in [-0.05, 0) is 17.5 Å². The zero-order valence-corrected chi connectivity index (χ0v) is 14.6. The number of aliphatic hydroxyl groups is 1. The van der Waals surface area contributed by atoms with E-state index >= 15 is 0 Å². The maximum Gasteiger partial charge on any atom is 0.124 e. The van der Waals surface area contributed by atoms with Crippen molar-refractivity contribution < 1.29 is 9.50 Å². The summed E-state index contributed by atoms with van der Waals surface area (Å²) >= 11 is 0. The third kappa shape index (κ3) is 4.88. The molecule has 1 unspecified atom stereocenters. The maximum absolute atomic E-state index is 13.2. The molecule has 0 saturated carbocycles. The molecular formula is C21H27FN2O. The molecule has 1 aliphatic heterocycles. The average Bonchev–Trinajstić information content (AvgIpc) is 2.69. The Morgan fingerprint density at radius 3 is 1.84 bits per heavy atom. The van der Waals surface area contributed by atoms with Gasteiger partial charge < -0.3 is 10.0 Å². The van der Waals surface area contributed by atoms with Crippen molar-refractivity contribution in [2.45, 2.75) is 18.6 Å². The fraction of sp³-hybridized carbons (Fsp3) is 0.429. The van der Waals surface area contributed by atoms with Gasteiger partial charge in [-0.2, -0.15) is 0 Å². The molecule has 1 saturated heterocycles. The molecule has 3 nitrogen and oxygen atoms in total. The average molecular weight is 342 g/mol. The van der Waals surface area contributed by atoms with Gasteiger partial charge in [0.2, 0.25) is 0 Å². The fourth-order valence-corrected chi connectivity index (χ4v) is 3.54. The van der Waals surface area contributed by atoms with Gasteiger partial charge in [-0.3, -0.25) is 4.90 Å². The molecule has 1 aliphatic rings. The number of aliphatic hydroxyl groups excluding tert-OH is 1. The number of nitrogens with zero attached hydrogens (tertiary/aromatic N) is 2. The molecule has 2 aromatic rings. The van der Waals surface area contributed by atoms with E-state index in [1.54, 1.807) is 0 Å². The van der Waals surface area contributed by atoms with Crippen LogP contribution in [0, 0.1) is 0 Å². The first-order chi connectivity index (χ1) is 12.3. The Morgan fingerprint density at radius 2 is 1.36 bits per heavy atom. The highest BCUT2D eigenvalue weighted by molar-refractivity contribution is 5.31. The van der Waals surface area contributed by atoms with Crippen LogP contribution in [0.3, 0.4) is 0 Å². The Bertz CT molecular complexity index is 575. The van der Waals surface area contributed by atoms with E-state index in [4.69, 9.17) is 5.11 Å². The van der Waals surface area contributed by atoms with Crippen LogP contribution in [-0.4, -0.2) is 60.4 Å². The zero-order valence-electron chi connectivity index (χ0n) is 14.6. The Hall–Kier alpha value is -1.75. The van der Waals surface area contributed by atoms with Crippen LogP contribution in [0.4, 0.5) is 4.39 Å². The topological polar surface area (TPSA) is 26.7 Å². The van der Waals surface area contributed by atoms with Gasteiger partial charge in [-0.1, -0.05) is 60.7 Å². The molecule has 0 radical (unpaired) electrons. The Balaban J connectivity index is 1.67. The van der Waals surface area contributed by atoms with Crippen molar-refractivity contribution in [3.8, 4) is 0 Å².